The number of hydrogen-bond acceptors (Lipinski definition) is 9. The molecule has 42 heavy (non-hydrogen) atoms. The molecule has 0 saturated heterocycles. The summed E-state index contributed by atoms with van der Waals surface area (Å²) in [4.78, 5) is 50.3. The number of nitrogens with one attached hydrogen (secondary N) is 3. The molecule has 3 amide bonds. The van der Waals surface area contributed by atoms with Crippen LogP contribution in [0.25, 0.3) is 0 Å². The molecule has 1 aliphatic carbocycles. The minimum absolute atomic E-state index is 0.0270. The van der Waals surface area contributed by atoms with Crippen LogP contribution in [0, 0.1) is 5.92 Å². The van der Waals surface area contributed by atoms with Gasteiger partial charge in [-0.1, -0.05) is 69.9 Å². The van der Waals surface area contributed by atoms with Crippen LogP contribution in [-0.2, 0) is 19.2 Å². The Morgan fingerprint density at radius 2 is 1.48 bits per heavy atom. The van der Waals surface area contributed by atoms with Crippen LogP contribution in [0.15, 0.2) is 30.3 Å². The van der Waals surface area contributed by atoms with E-state index in [-0.39, 0.29) is 12.3 Å². The van der Waals surface area contributed by atoms with Crippen molar-refractivity contribution < 1.29 is 44.7 Å². The summed E-state index contributed by atoms with van der Waals surface area (Å²) in [5.41, 5.74) is 5.73. The Bertz CT molecular complexity index is 1030. The molecular formula is C29H46N4O9. The molecule has 0 heterocycles. The highest BCUT2D eigenvalue weighted by Crippen LogP contribution is 2.25. The molecule has 1 aromatic rings. The van der Waals surface area contributed by atoms with Crippen molar-refractivity contribution in [3.05, 3.63) is 35.9 Å². The predicted octanol–water partition coefficient (Wildman–Crippen LogP) is -0.539. The Kier molecular flexibility index (Phi) is 13.8. The van der Waals surface area contributed by atoms with Gasteiger partial charge in [0.25, 0.3) is 5.91 Å². The topological polar surface area (TPSA) is 232 Å². The average molecular weight is 595 g/mol. The van der Waals surface area contributed by atoms with E-state index in [2.05, 4.69) is 16.0 Å². The molecule has 0 spiro atoms. The summed E-state index contributed by atoms with van der Waals surface area (Å²) in [6, 6.07) is 4.52. The van der Waals surface area contributed by atoms with Gasteiger partial charge >= 0.3 is 5.97 Å². The van der Waals surface area contributed by atoms with Gasteiger partial charge in [-0.25, -0.2) is 0 Å². The van der Waals surface area contributed by atoms with E-state index in [1.807, 2.05) is 13.8 Å². The van der Waals surface area contributed by atoms with Gasteiger partial charge in [0.2, 0.25) is 11.8 Å². The number of hydrogen-bond donors (Lipinski definition) is 9. The van der Waals surface area contributed by atoms with Gasteiger partial charge in [-0.3, -0.25) is 19.2 Å². The van der Waals surface area contributed by atoms with Gasteiger partial charge in [0.05, 0.1) is 30.7 Å². The second-order valence-corrected chi connectivity index (χ2v) is 11.5. The predicted molar refractivity (Wildman–Crippen MR) is 153 cm³/mol. The first-order valence-corrected chi connectivity index (χ1v) is 14.4. The third-order valence-corrected chi connectivity index (χ3v) is 7.55. The van der Waals surface area contributed by atoms with Gasteiger partial charge in [-0.15, -0.1) is 0 Å². The smallest absolute Gasteiger partial charge is 0.305 e. The lowest BCUT2D eigenvalue weighted by atomic mass is 9.89. The van der Waals surface area contributed by atoms with Gasteiger partial charge < -0.3 is 47.2 Å². The van der Waals surface area contributed by atoms with E-state index in [1.165, 1.54) is 0 Å². The first-order chi connectivity index (χ1) is 19.8. The third kappa shape index (κ3) is 10.3. The van der Waals surface area contributed by atoms with Crippen molar-refractivity contribution in [1.29, 1.82) is 0 Å². The lowest BCUT2D eigenvalue weighted by Crippen LogP contribution is -2.62. The molecule has 236 valence electrons. The van der Waals surface area contributed by atoms with Crippen molar-refractivity contribution in [2.75, 3.05) is 6.61 Å². The first kappa shape index (κ1) is 35.1. The van der Waals surface area contributed by atoms with Crippen LogP contribution in [-0.4, -0.2) is 91.8 Å². The standard InChI is InChI=1S/C29H46N4O9/c1-17(2)14-20(33-28(42)29(30)12-8-3-4-9-13-29)26(40)32-21(16-34)23(37)24(38)25(39)27(41)31-19(15-22(35)36)18-10-6-5-7-11-18/h5-7,10-11,17,19-21,23-25,34,37-39H,3-4,8-9,12-16,30H2,1-2H3,(H,31,41)(H,32,40)(H,33,42)(H,35,36)/t19-,20-,21-,23+,24+,25-/m0/s1. The minimum atomic E-state index is -2.23. The van der Waals surface area contributed by atoms with E-state index >= 15 is 0 Å². The van der Waals surface area contributed by atoms with Crippen molar-refractivity contribution in [2.24, 2.45) is 11.7 Å². The molecule has 13 nitrogen and oxygen atoms in total. The summed E-state index contributed by atoms with van der Waals surface area (Å²) >= 11 is 0. The summed E-state index contributed by atoms with van der Waals surface area (Å²) in [5, 5.41) is 58.3. The molecule has 0 bridgehead atoms. The fraction of sp³-hybridized carbons (Fsp3) is 0.655. The Hall–Kier alpha value is -3.10. The SMILES string of the molecule is CC(C)C[C@H](NC(=O)C1(N)CCCCCC1)C(=O)N[C@@H](CO)[C@@H](O)[C@@H](O)[C@H](O)C(=O)N[C@@H](CC(=O)O)c1ccccc1. The van der Waals surface area contributed by atoms with E-state index < -0.39 is 78.7 Å². The Balaban J connectivity index is 2.09. The number of aliphatic carboxylic acids is 1. The zero-order chi connectivity index (χ0) is 31.4. The lowest BCUT2D eigenvalue weighted by molar-refractivity contribution is -0.145. The molecule has 2 rings (SSSR count). The van der Waals surface area contributed by atoms with Crippen LogP contribution in [0.2, 0.25) is 0 Å². The number of carbonyl (C=O) groups is 4. The number of carboxylic acid groups (broad SMARTS) is 1. The summed E-state index contributed by atoms with van der Waals surface area (Å²) in [6.07, 6.45) is -2.21. The van der Waals surface area contributed by atoms with Crippen molar-refractivity contribution in [3.8, 4) is 0 Å². The van der Waals surface area contributed by atoms with Gasteiger partial charge in [0.15, 0.2) is 6.10 Å². The minimum Gasteiger partial charge on any atom is -0.481 e. The first-order valence-electron chi connectivity index (χ1n) is 14.4. The highest BCUT2D eigenvalue weighted by Gasteiger charge is 2.39. The fourth-order valence-electron chi connectivity index (χ4n) is 5.06. The number of carboxylic acids is 1. The Labute approximate surface area is 245 Å². The van der Waals surface area contributed by atoms with E-state index in [0.29, 0.717) is 18.4 Å². The van der Waals surface area contributed by atoms with Crippen LogP contribution in [0.5, 0.6) is 0 Å². The summed E-state index contributed by atoms with van der Waals surface area (Å²) < 4.78 is 0. The number of amides is 3. The third-order valence-electron chi connectivity index (χ3n) is 7.55. The number of aliphatic hydroxyl groups excluding tert-OH is 4. The summed E-state index contributed by atoms with van der Waals surface area (Å²) in [6.45, 7) is 2.83. The van der Waals surface area contributed by atoms with E-state index in [4.69, 9.17) is 5.73 Å². The number of aliphatic hydroxyl groups is 4. The highest BCUT2D eigenvalue weighted by atomic mass is 16.4. The monoisotopic (exact) mass is 594 g/mol. The second-order valence-electron chi connectivity index (χ2n) is 11.5. The molecule has 1 aliphatic rings. The fourth-order valence-corrected chi connectivity index (χ4v) is 5.06. The van der Waals surface area contributed by atoms with Gasteiger partial charge in [-0.2, -0.15) is 0 Å². The van der Waals surface area contributed by atoms with Crippen LogP contribution < -0.4 is 21.7 Å². The molecule has 0 radical (unpaired) electrons. The maximum absolute atomic E-state index is 13.2. The highest BCUT2D eigenvalue weighted by molar-refractivity contribution is 5.92. The number of benzene rings is 1. The maximum Gasteiger partial charge on any atom is 0.305 e. The van der Waals surface area contributed by atoms with Crippen LogP contribution in [0.3, 0.4) is 0 Å². The summed E-state index contributed by atoms with van der Waals surface area (Å²) in [5.74, 6) is -3.62. The zero-order valence-corrected chi connectivity index (χ0v) is 24.2. The molecule has 13 heteroatoms. The second kappa shape index (κ2) is 16.5. The molecule has 0 aliphatic heterocycles. The normalized spacial score (nSPS) is 19.3. The summed E-state index contributed by atoms with van der Waals surface area (Å²) in [7, 11) is 0. The largest absolute Gasteiger partial charge is 0.481 e. The molecule has 6 atom stereocenters. The Morgan fingerprint density at radius 3 is 2.00 bits per heavy atom. The number of nitrogens with two attached hydrogens (primary N) is 1. The van der Waals surface area contributed by atoms with Gasteiger partial charge in [0.1, 0.15) is 18.2 Å². The van der Waals surface area contributed by atoms with E-state index in [1.54, 1.807) is 30.3 Å². The zero-order valence-electron chi connectivity index (χ0n) is 24.2. The van der Waals surface area contributed by atoms with Crippen molar-refractivity contribution in [2.45, 2.75) is 107 Å². The molecule has 0 unspecified atom stereocenters. The number of rotatable bonds is 15. The average Bonchev–Trinajstić information content (AvgIpc) is 3.19. The van der Waals surface area contributed by atoms with E-state index in [9.17, 15) is 44.7 Å². The van der Waals surface area contributed by atoms with Crippen LogP contribution >= 0.6 is 0 Å². The molecule has 0 aromatic heterocycles. The molecular weight excluding hydrogens is 548 g/mol. The Morgan fingerprint density at radius 1 is 0.881 bits per heavy atom. The lowest BCUT2D eigenvalue weighted by Gasteiger charge is -2.32. The van der Waals surface area contributed by atoms with Crippen LogP contribution in [0.1, 0.15) is 76.8 Å². The number of carbonyl (C=O) groups excluding carboxylic acids is 3. The van der Waals surface area contributed by atoms with Crippen molar-refractivity contribution in [1.82, 2.24) is 16.0 Å². The van der Waals surface area contributed by atoms with Crippen LogP contribution in [0.4, 0.5) is 0 Å². The molecule has 10 N–H and O–H groups in total. The van der Waals surface area contributed by atoms with E-state index in [0.717, 1.165) is 25.7 Å². The van der Waals surface area contributed by atoms with Gasteiger partial charge in [-0.05, 0) is 30.7 Å². The van der Waals surface area contributed by atoms with Crippen molar-refractivity contribution >= 4 is 23.7 Å². The molecule has 1 saturated carbocycles. The molecule has 1 fully saturated rings. The quantitative estimate of drug-likeness (QED) is 0.118. The maximum atomic E-state index is 13.2. The van der Waals surface area contributed by atoms with Gasteiger partial charge in [0, 0.05) is 0 Å². The van der Waals surface area contributed by atoms with Crippen molar-refractivity contribution in [3.63, 3.8) is 0 Å². The molecule has 1 aromatic carbocycles.